The number of methoxy groups -OCH3 is 3. The number of carbonyl (C=O) groups is 4. The van der Waals surface area contributed by atoms with Gasteiger partial charge in [0.15, 0.2) is 0 Å². The van der Waals surface area contributed by atoms with Gasteiger partial charge in [0.2, 0.25) is 5.79 Å². The molecule has 0 aromatic rings. The lowest BCUT2D eigenvalue weighted by Crippen LogP contribution is -2.64. The number of piperidine rings is 1. The van der Waals surface area contributed by atoms with Crippen LogP contribution in [-0.4, -0.2) is 115 Å². The summed E-state index contributed by atoms with van der Waals surface area (Å²) in [5.74, 6) is -6.43. The van der Waals surface area contributed by atoms with E-state index in [4.69, 9.17) is 23.7 Å². The van der Waals surface area contributed by atoms with E-state index in [9.17, 15) is 29.4 Å². The summed E-state index contributed by atoms with van der Waals surface area (Å²) in [6, 6.07) is -1.05. The molecule has 0 radical (unpaired) electrons. The largest absolute Gasteiger partial charge is 0.456 e. The van der Waals surface area contributed by atoms with Crippen molar-refractivity contribution in [3.05, 3.63) is 36.0 Å². The molecule has 3 heterocycles. The first kappa shape index (κ1) is 46.0. The van der Waals surface area contributed by atoms with Crippen LogP contribution >= 0.6 is 0 Å². The number of rotatable bonds is 7. The highest BCUT2D eigenvalue weighted by Crippen LogP contribution is 2.39. The summed E-state index contributed by atoms with van der Waals surface area (Å²) in [6.07, 6.45) is 8.39. The van der Waals surface area contributed by atoms with E-state index >= 15 is 0 Å². The normalized spacial score (nSPS) is 40.1. The standard InChI is InChI=1S/C44H69NO11/c1-10-13-32-21-26(2)20-27(3)22-37(53-8)40-38(54-9)24-30(6)44(51,56-40)41(48)42(49)45-19-12-11-14-33(45)43(50)55-39(28(4)15-17-34(32)46)29(5)23-31-16-18-35(47)36(25-31)52-7/h10,21,23,27-28,30-33,35-40,47,51H,1,11-20,22,24-25H2,2-9H3/b26-21-,29-23+. The van der Waals surface area contributed by atoms with Crippen molar-refractivity contribution in [1.82, 2.24) is 4.90 Å². The molecule has 3 fully saturated rings. The molecule has 2 N–H and O–H groups in total. The Bertz CT molecular complexity index is 1440. The third-order valence-corrected chi connectivity index (χ3v) is 12.7. The summed E-state index contributed by atoms with van der Waals surface area (Å²) in [5, 5.41) is 22.4. The molecule has 12 nitrogen and oxygen atoms in total. The molecule has 3 aliphatic heterocycles. The number of nitrogens with zero attached hydrogens (tertiary/aromatic N) is 1. The maximum atomic E-state index is 14.3. The van der Waals surface area contributed by atoms with Gasteiger partial charge in [0.05, 0.1) is 24.4 Å². The second-order valence-electron chi connectivity index (χ2n) is 17.2. The Labute approximate surface area is 334 Å². The van der Waals surface area contributed by atoms with Crippen LogP contribution in [0.1, 0.15) is 112 Å². The van der Waals surface area contributed by atoms with Gasteiger partial charge in [-0.25, -0.2) is 4.79 Å². The molecule has 316 valence electrons. The van der Waals surface area contributed by atoms with Gasteiger partial charge in [-0.1, -0.05) is 44.6 Å². The Balaban J connectivity index is 1.75. The quantitative estimate of drug-likeness (QED) is 0.186. The molecule has 4 rings (SSSR count). The van der Waals surface area contributed by atoms with Crippen molar-refractivity contribution in [1.29, 1.82) is 0 Å². The first-order valence-electron chi connectivity index (χ1n) is 20.8. The lowest BCUT2D eigenvalue weighted by atomic mass is 9.82. The zero-order valence-corrected chi connectivity index (χ0v) is 35.1. The summed E-state index contributed by atoms with van der Waals surface area (Å²) < 4.78 is 29.9. The third-order valence-electron chi connectivity index (χ3n) is 12.7. The van der Waals surface area contributed by atoms with Gasteiger partial charge in [-0.15, -0.1) is 6.58 Å². The van der Waals surface area contributed by atoms with Crippen LogP contribution in [0.4, 0.5) is 0 Å². The van der Waals surface area contributed by atoms with Gasteiger partial charge in [-0.05, 0) is 108 Å². The highest BCUT2D eigenvalue weighted by Gasteiger charge is 2.56. The van der Waals surface area contributed by atoms with E-state index in [0.29, 0.717) is 51.4 Å². The van der Waals surface area contributed by atoms with Crippen LogP contribution in [0.5, 0.6) is 0 Å². The highest BCUT2D eigenvalue weighted by molar-refractivity contribution is 6.39. The lowest BCUT2D eigenvalue weighted by Gasteiger charge is -2.47. The van der Waals surface area contributed by atoms with Crippen LogP contribution < -0.4 is 0 Å². The van der Waals surface area contributed by atoms with Gasteiger partial charge in [-0.3, -0.25) is 14.4 Å². The molecule has 0 spiro atoms. The number of amides is 1. The average Bonchev–Trinajstić information content (AvgIpc) is 3.18. The second-order valence-corrected chi connectivity index (χ2v) is 17.2. The number of hydrogen-bond donors (Lipinski definition) is 2. The van der Waals surface area contributed by atoms with Crippen LogP contribution in [0.15, 0.2) is 36.0 Å². The Kier molecular flexibility index (Phi) is 17.1. The van der Waals surface area contributed by atoms with Crippen LogP contribution in [-0.2, 0) is 42.9 Å². The van der Waals surface area contributed by atoms with E-state index in [0.717, 1.165) is 17.6 Å². The van der Waals surface area contributed by atoms with Crippen molar-refractivity contribution in [3.63, 3.8) is 0 Å². The molecule has 2 saturated heterocycles. The summed E-state index contributed by atoms with van der Waals surface area (Å²) >= 11 is 0. The van der Waals surface area contributed by atoms with Gasteiger partial charge in [-0.2, -0.15) is 0 Å². The minimum atomic E-state index is -2.47. The van der Waals surface area contributed by atoms with Gasteiger partial charge in [0, 0.05) is 46.1 Å². The number of esters is 1. The number of hydrogen-bond acceptors (Lipinski definition) is 11. The maximum absolute atomic E-state index is 14.3. The van der Waals surface area contributed by atoms with E-state index in [1.807, 2.05) is 26.8 Å². The predicted octanol–water partition coefficient (Wildman–Crippen LogP) is 5.67. The van der Waals surface area contributed by atoms with Crippen LogP contribution in [0.3, 0.4) is 0 Å². The molecule has 0 aromatic heterocycles. The highest BCUT2D eigenvalue weighted by atomic mass is 16.7. The van der Waals surface area contributed by atoms with Crippen LogP contribution in [0.2, 0.25) is 0 Å². The van der Waals surface area contributed by atoms with Crippen molar-refractivity contribution >= 4 is 23.4 Å². The molecule has 2 bridgehead atoms. The minimum Gasteiger partial charge on any atom is -0.456 e. The number of allylic oxidation sites excluding steroid dienone is 4. The monoisotopic (exact) mass is 787 g/mol. The SMILES string of the molecule is C=CCC1/C=C(/C)CC(C)CC(OC)C2OC(O)(C(=O)C(=O)N3CCCCC3C(=O)OC(/C(C)=C/C3CCC(O)C(OC)C3)C(C)CCC1=O)C(C)CC2OC. The molecule has 12 heteroatoms. The number of fused-ring (bicyclic) bond motifs is 3. The van der Waals surface area contributed by atoms with Crippen molar-refractivity contribution in [2.45, 2.75) is 160 Å². The number of ether oxygens (including phenoxy) is 5. The van der Waals surface area contributed by atoms with Crippen molar-refractivity contribution < 1.29 is 53.1 Å². The second kappa shape index (κ2) is 20.8. The average molecular weight is 788 g/mol. The Morgan fingerprint density at radius 1 is 0.964 bits per heavy atom. The Morgan fingerprint density at radius 2 is 1.64 bits per heavy atom. The number of ketones is 2. The van der Waals surface area contributed by atoms with E-state index in [1.165, 1.54) is 4.90 Å². The van der Waals surface area contributed by atoms with E-state index < -0.39 is 65.9 Å². The van der Waals surface area contributed by atoms with Gasteiger partial charge >= 0.3 is 5.97 Å². The smallest absolute Gasteiger partial charge is 0.329 e. The molecule has 1 amide bonds. The summed E-state index contributed by atoms with van der Waals surface area (Å²) in [6.45, 7) is 13.7. The molecular weight excluding hydrogens is 718 g/mol. The lowest BCUT2D eigenvalue weighted by molar-refractivity contribution is -0.302. The maximum Gasteiger partial charge on any atom is 0.329 e. The van der Waals surface area contributed by atoms with Gasteiger partial charge < -0.3 is 38.8 Å². The fourth-order valence-electron chi connectivity index (χ4n) is 9.43. The fourth-order valence-corrected chi connectivity index (χ4v) is 9.43. The van der Waals surface area contributed by atoms with Gasteiger partial charge in [0.25, 0.3) is 11.7 Å². The van der Waals surface area contributed by atoms with E-state index in [1.54, 1.807) is 34.3 Å². The third kappa shape index (κ3) is 11.0. The van der Waals surface area contributed by atoms with Crippen LogP contribution in [0, 0.1) is 29.6 Å². The number of aliphatic hydroxyl groups is 2. The fraction of sp³-hybridized carbons (Fsp3) is 0.773. The molecule has 0 aromatic carbocycles. The van der Waals surface area contributed by atoms with Crippen LogP contribution in [0.25, 0.3) is 0 Å². The topological polar surface area (TPSA) is 158 Å². The predicted molar refractivity (Wildman–Crippen MR) is 211 cm³/mol. The zero-order chi connectivity index (χ0) is 41.3. The first-order valence-corrected chi connectivity index (χ1v) is 20.8. The number of cyclic esters (lactones) is 1. The number of aliphatic hydroxyl groups excluding tert-OH is 1. The number of carbonyl (C=O) groups excluding carboxylic acids is 4. The Hall–Kier alpha value is -2.74. The van der Waals surface area contributed by atoms with Crippen molar-refractivity contribution in [2.75, 3.05) is 27.9 Å². The molecule has 13 atom stereocenters. The number of Topliss-reactive ketones (excluding diaryl/α,β-unsaturated/α-hetero) is 2. The minimum absolute atomic E-state index is 0.0649. The molecular formula is C44H69NO11. The first-order chi connectivity index (χ1) is 26.6. The summed E-state index contributed by atoms with van der Waals surface area (Å²) in [4.78, 5) is 57.8. The van der Waals surface area contributed by atoms with Gasteiger partial charge in [0.1, 0.15) is 24.0 Å². The molecule has 56 heavy (non-hydrogen) atoms. The van der Waals surface area contributed by atoms with E-state index in [-0.39, 0.29) is 61.4 Å². The molecule has 13 unspecified atom stereocenters. The summed E-state index contributed by atoms with van der Waals surface area (Å²) in [7, 11) is 4.68. The molecule has 1 aliphatic carbocycles. The zero-order valence-electron chi connectivity index (χ0n) is 35.1. The molecule has 4 aliphatic rings. The Morgan fingerprint density at radius 3 is 2.30 bits per heavy atom. The van der Waals surface area contributed by atoms with Crippen molar-refractivity contribution in [3.8, 4) is 0 Å². The summed E-state index contributed by atoms with van der Waals surface area (Å²) in [5.41, 5.74) is 1.86. The van der Waals surface area contributed by atoms with Crippen molar-refractivity contribution in [2.24, 2.45) is 29.6 Å². The molecule has 1 saturated carbocycles. The van der Waals surface area contributed by atoms with E-state index in [2.05, 4.69) is 19.6 Å².